The van der Waals surface area contributed by atoms with Gasteiger partial charge in [0.2, 0.25) is 0 Å². The molecule has 2 aromatic rings. The van der Waals surface area contributed by atoms with Crippen LogP contribution in [0.5, 0.6) is 0 Å². The van der Waals surface area contributed by atoms with Crippen molar-refractivity contribution in [2.75, 3.05) is 28.0 Å². The lowest BCUT2D eigenvalue weighted by Crippen LogP contribution is -2.32. The molecule has 1 N–H and O–H groups in total. The number of hydrogen-bond donors (Lipinski definition) is 1. The molecule has 1 aromatic heterocycles. The Morgan fingerprint density at radius 1 is 1.21 bits per heavy atom. The summed E-state index contributed by atoms with van der Waals surface area (Å²) in [7, 11) is -0.567. The lowest BCUT2D eigenvalue weighted by molar-refractivity contribution is 0.101. The lowest BCUT2D eigenvalue weighted by Gasteiger charge is -2.13. The molecule has 1 fully saturated rings. The fourth-order valence-corrected chi connectivity index (χ4v) is 3.87. The van der Waals surface area contributed by atoms with Gasteiger partial charge < -0.3 is 9.84 Å². The summed E-state index contributed by atoms with van der Waals surface area (Å²) in [6.07, 6.45) is 2.13. The van der Waals surface area contributed by atoms with E-state index in [4.69, 9.17) is 4.52 Å². The zero-order valence-corrected chi connectivity index (χ0v) is 14.0. The van der Waals surface area contributed by atoms with Crippen molar-refractivity contribution in [1.29, 1.82) is 0 Å². The molecule has 0 spiro atoms. The third kappa shape index (κ3) is 2.23. The zero-order chi connectivity index (χ0) is 17.1. The number of benzene rings is 1. The standard InChI is InChI=1S/C15H16N4O4S/c1-18-12-6-5-10(7-13(12)19(2)24(18,21)22)16-15(20)11-8-14(23-17-11)9-3-4-9/h5-9H,3-4H2,1-2H3,(H,16,20). The second-order valence-electron chi connectivity index (χ2n) is 5.99. The molecule has 1 aliphatic carbocycles. The summed E-state index contributed by atoms with van der Waals surface area (Å²) in [6.45, 7) is 0. The van der Waals surface area contributed by atoms with Crippen LogP contribution in [0.15, 0.2) is 28.8 Å². The molecular weight excluding hydrogens is 332 g/mol. The summed E-state index contributed by atoms with van der Waals surface area (Å²) < 4.78 is 31.8. The van der Waals surface area contributed by atoms with Crippen LogP contribution in [-0.2, 0) is 10.2 Å². The van der Waals surface area contributed by atoms with Crippen molar-refractivity contribution in [3.05, 3.63) is 35.7 Å². The highest BCUT2D eigenvalue weighted by molar-refractivity contribution is 7.94. The first-order valence-electron chi connectivity index (χ1n) is 7.53. The number of nitrogens with one attached hydrogen (secondary N) is 1. The quantitative estimate of drug-likeness (QED) is 0.914. The molecule has 2 aliphatic rings. The second-order valence-corrected chi connectivity index (χ2v) is 7.98. The Labute approximate surface area is 139 Å². The van der Waals surface area contributed by atoms with Gasteiger partial charge in [0.1, 0.15) is 5.76 Å². The number of carbonyl (C=O) groups is 1. The molecule has 0 bridgehead atoms. The summed E-state index contributed by atoms with van der Waals surface area (Å²) in [5, 5.41) is 6.52. The Morgan fingerprint density at radius 2 is 1.92 bits per heavy atom. The maximum atomic E-state index is 12.3. The first kappa shape index (κ1) is 15.0. The third-order valence-electron chi connectivity index (χ3n) is 4.34. The van der Waals surface area contributed by atoms with E-state index in [9.17, 15) is 13.2 Å². The minimum Gasteiger partial charge on any atom is -0.360 e. The van der Waals surface area contributed by atoms with Crippen LogP contribution in [0.1, 0.15) is 35.0 Å². The molecule has 4 rings (SSSR count). The highest BCUT2D eigenvalue weighted by Gasteiger charge is 2.35. The van der Waals surface area contributed by atoms with Gasteiger partial charge in [-0.2, -0.15) is 8.42 Å². The van der Waals surface area contributed by atoms with E-state index in [1.54, 1.807) is 24.3 Å². The normalized spacial score (nSPS) is 18.6. The van der Waals surface area contributed by atoms with Crippen LogP contribution >= 0.6 is 0 Å². The molecule has 0 saturated heterocycles. The number of anilines is 3. The van der Waals surface area contributed by atoms with E-state index in [2.05, 4.69) is 10.5 Å². The Bertz CT molecular complexity index is 933. The minimum atomic E-state index is -3.53. The van der Waals surface area contributed by atoms with Crippen LogP contribution in [0.4, 0.5) is 17.1 Å². The Kier molecular flexibility index (Phi) is 3.11. The maximum absolute atomic E-state index is 12.3. The van der Waals surface area contributed by atoms with Gasteiger partial charge in [-0.15, -0.1) is 0 Å². The van der Waals surface area contributed by atoms with Crippen molar-refractivity contribution in [2.45, 2.75) is 18.8 Å². The van der Waals surface area contributed by atoms with E-state index in [0.29, 0.717) is 23.0 Å². The Balaban J connectivity index is 1.57. The van der Waals surface area contributed by atoms with Crippen LogP contribution in [0.3, 0.4) is 0 Å². The van der Waals surface area contributed by atoms with Gasteiger partial charge in [-0.05, 0) is 31.0 Å². The summed E-state index contributed by atoms with van der Waals surface area (Å²) in [4.78, 5) is 12.3. The fourth-order valence-electron chi connectivity index (χ4n) is 2.70. The molecule has 0 radical (unpaired) electrons. The molecule has 1 amide bonds. The highest BCUT2D eigenvalue weighted by Crippen LogP contribution is 2.41. The minimum absolute atomic E-state index is 0.218. The SMILES string of the molecule is CN1c2ccc(NC(=O)c3cc(C4CC4)on3)cc2N(C)S1(=O)=O. The molecule has 8 nitrogen and oxygen atoms in total. The average Bonchev–Trinajstić information content (AvgIpc) is 3.26. The van der Waals surface area contributed by atoms with Gasteiger partial charge in [0.05, 0.1) is 11.4 Å². The van der Waals surface area contributed by atoms with E-state index in [1.165, 1.54) is 22.7 Å². The second kappa shape index (κ2) is 4.97. The van der Waals surface area contributed by atoms with Crippen molar-refractivity contribution in [1.82, 2.24) is 5.16 Å². The summed E-state index contributed by atoms with van der Waals surface area (Å²) in [5.41, 5.74) is 1.78. The first-order valence-corrected chi connectivity index (χ1v) is 8.92. The zero-order valence-electron chi connectivity index (χ0n) is 13.2. The fraction of sp³-hybridized carbons (Fsp3) is 0.333. The summed E-state index contributed by atoms with van der Waals surface area (Å²) >= 11 is 0. The molecular formula is C15H16N4O4S. The van der Waals surface area contributed by atoms with Crippen molar-refractivity contribution < 1.29 is 17.7 Å². The molecule has 1 aliphatic heterocycles. The number of nitrogens with zero attached hydrogens (tertiary/aromatic N) is 3. The highest BCUT2D eigenvalue weighted by atomic mass is 32.2. The van der Waals surface area contributed by atoms with Gasteiger partial charge in [0, 0.05) is 31.8 Å². The largest absolute Gasteiger partial charge is 0.360 e. The van der Waals surface area contributed by atoms with Crippen LogP contribution in [0.25, 0.3) is 0 Å². The monoisotopic (exact) mass is 348 g/mol. The predicted molar refractivity (Wildman–Crippen MR) is 88.6 cm³/mol. The summed E-state index contributed by atoms with van der Waals surface area (Å²) in [5.74, 6) is 0.734. The molecule has 126 valence electrons. The topological polar surface area (TPSA) is 95.8 Å². The molecule has 2 heterocycles. The van der Waals surface area contributed by atoms with E-state index in [-0.39, 0.29) is 11.6 Å². The Hall–Kier alpha value is -2.55. The molecule has 1 aromatic carbocycles. The molecule has 1 saturated carbocycles. The maximum Gasteiger partial charge on any atom is 0.326 e. The van der Waals surface area contributed by atoms with Crippen molar-refractivity contribution >= 4 is 33.2 Å². The van der Waals surface area contributed by atoms with Crippen molar-refractivity contribution in [2.24, 2.45) is 0 Å². The number of hydrogen-bond acceptors (Lipinski definition) is 5. The number of carbonyl (C=O) groups excluding carboxylic acids is 1. The number of aromatic nitrogens is 1. The molecule has 0 atom stereocenters. The number of rotatable bonds is 3. The summed E-state index contributed by atoms with van der Waals surface area (Å²) in [6, 6.07) is 6.59. The first-order chi connectivity index (χ1) is 11.4. The number of fused-ring (bicyclic) bond motifs is 1. The van der Waals surface area contributed by atoms with Crippen LogP contribution in [0.2, 0.25) is 0 Å². The van der Waals surface area contributed by atoms with Crippen LogP contribution in [0, 0.1) is 0 Å². The van der Waals surface area contributed by atoms with Crippen molar-refractivity contribution in [3.63, 3.8) is 0 Å². The van der Waals surface area contributed by atoms with Gasteiger partial charge >= 0.3 is 10.2 Å². The van der Waals surface area contributed by atoms with E-state index >= 15 is 0 Å². The average molecular weight is 348 g/mol. The lowest BCUT2D eigenvalue weighted by atomic mass is 10.2. The van der Waals surface area contributed by atoms with Crippen LogP contribution < -0.4 is 13.9 Å². The van der Waals surface area contributed by atoms with Gasteiger partial charge in [-0.1, -0.05) is 5.16 Å². The van der Waals surface area contributed by atoms with E-state index < -0.39 is 10.2 Å². The predicted octanol–water partition coefficient (Wildman–Crippen LogP) is 1.94. The molecule has 24 heavy (non-hydrogen) atoms. The van der Waals surface area contributed by atoms with E-state index in [0.717, 1.165) is 18.6 Å². The van der Waals surface area contributed by atoms with Crippen LogP contribution in [-0.4, -0.2) is 33.6 Å². The third-order valence-corrected chi connectivity index (χ3v) is 6.12. The molecule has 0 unspecified atom stereocenters. The van der Waals surface area contributed by atoms with E-state index in [1.807, 2.05) is 0 Å². The molecule has 9 heteroatoms. The van der Waals surface area contributed by atoms with Gasteiger partial charge in [-0.25, -0.2) is 0 Å². The van der Waals surface area contributed by atoms with Crippen molar-refractivity contribution in [3.8, 4) is 0 Å². The Morgan fingerprint density at radius 3 is 2.62 bits per heavy atom. The number of amides is 1. The van der Waals surface area contributed by atoms with Gasteiger partial charge in [-0.3, -0.25) is 13.4 Å². The smallest absolute Gasteiger partial charge is 0.326 e. The van der Waals surface area contributed by atoms with Gasteiger partial charge in [0.25, 0.3) is 5.91 Å². The van der Waals surface area contributed by atoms with Gasteiger partial charge in [0.15, 0.2) is 5.69 Å².